The highest BCUT2D eigenvalue weighted by Crippen LogP contribution is 2.27. The van der Waals surface area contributed by atoms with Gasteiger partial charge in [-0.3, -0.25) is 14.3 Å². The highest BCUT2D eigenvalue weighted by Gasteiger charge is 2.37. The van der Waals surface area contributed by atoms with Crippen molar-refractivity contribution >= 4 is 17.6 Å². The molecule has 0 aliphatic rings. The van der Waals surface area contributed by atoms with E-state index in [1.54, 1.807) is 25.4 Å². The maximum absolute atomic E-state index is 14.0. The largest absolute Gasteiger partial charge is 0.364 e. The fourth-order valence-corrected chi connectivity index (χ4v) is 2.17. The van der Waals surface area contributed by atoms with E-state index in [-0.39, 0.29) is 12.1 Å². The van der Waals surface area contributed by atoms with Gasteiger partial charge in [-0.2, -0.15) is 5.10 Å². The van der Waals surface area contributed by atoms with Gasteiger partial charge >= 0.3 is 0 Å². The third-order valence-electron chi connectivity index (χ3n) is 3.62. The molecule has 1 atom stereocenters. The normalized spacial score (nSPS) is 13.2. The summed E-state index contributed by atoms with van der Waals surface area (Å²) < 4.78 is 20.7. The van der Waals surface area contributed by atoms with Crippen LogP contribution in [0.2, 0.25) is 0 Å². The van der Waals surface area contributed by atoms with Crippen molar-refractivity contribution in [1.82, 2.24) is 15.1 Å². The van der Waals surface area contributed by atoms with Crippen LogP contribution in [0.4, 0.5) is 10.2 Å². The van der Waals surface area contributed by atoms with Crippen molar-refractivity contribution in [2.75, 3.05) is 19.0 Å². The molecule has 2 rings (SSSR count). The zero-order chi connectivity index (χ0) is 17.7. The van der Waals surface area contributed by atoms with Crippen LogP contribution >= 0.6 is 0 Å². The monoisotopic (exact) mass is 334 g/mol. The van der Waals surface area contributed by atoms with Gasteiger partial charge in [0.05, 0.1) is 6.54 Å². The number of aryl methyl sites for hydroxylation is 1. The Morgan fingerprint density at radius 2 is 2.04 bits per heavy atom. The number of hydrogen-bond acceptors (Lipinski definition) is 4. The minimum Gasteiger partial charge on any atom is -0.364 e. The molecular weight excluding hydrogens is 315 g/mol. The summed E-state index contributed by atoms with van der Waals surface area (Å²) in [6.45, 7) is 1.15. The summed E-state index contributed by atoms with van der Waals surface area (Å²) in [5.41, 5.74) is -1.45. The molecule has 2 aromatic rings. The number of benzene rings is 1. The number of amides is 2. The molecule has 8 heteroatoms. The van der Waals surface area contributed by atoms with Crippen LogP contribution in [-0.4, -0.2) is 35.2 Å². The Kier molecular flexibility index (Phi) is 5.30. The molecule has 0 unspecified atom stereocenters. The van der Waals surface area contributed by atoms with Crippen LogP contribution in [-0.2, 0) is 27.0 Å². The number of aromatic nitrogens is 2. The smallest absolute Gasteiger partial charge is 0.257 e. The number of ether oxygens (including phenoxy) is 1. The second-order valence-electron chi connectivity index (χ2n) is 5.32. The molecule has 0 saturated heterocycles. The first-order valence-electron chi connectivity index (χ1n) is 7.25. The van der Waals surface area contributed by atoms with Crippen LogP contribution in [0.15, 0.2) is 36.5 Å². The van der Waals surface area contributed by atoms with Crippen LogP contribution < -0.4 is 10.6 Å². The predicted octanol–water partition coefficient (Wildman–Crippen LogP) is 1.18. The topological polar surface area (TPSA) is 85.2 Å². The summed E-state index contributed by atoms with van der Waals surface area (Å²) in [7, 11) is 3.02. The molecule has 0 bridgehead atoms. The number of carbonyl (C=O) groups is 2. The van der Waals surface area contributed by atoms with Crippen molar-refractivity contribution in [2.24, 2.45) is 7.05 Å². The van der Waals surface area contributed by atoms with Gasteiger partial charge in [0, 0.05) is 32.0 Å². The van der Waals surface area contributed by atoms with Gasteiger partial charge in [0.1, 0.15) is 5.82 Å². The molecule has 1 aromatic carbocycles. The van der Waals surface area contributed by atoms with E-state index in [4.69, 9.17) is 4.74 Å². The molecular formula is C16H19FN4O3. The third-order valence-corrected chi connectivity index (χ3v) is 3.62. The minimum atomic E-state index is -1.55. The van der Waals surface area contributed by atoms with Gasteiger partial charge in [-0.05, 0) is 13.0 Å². The van der Waals surface area contributed by atoms with Crippen molar-refractivity contribution in [3.8, 4) is 0 Å². The standard InChI is InChI=1S/C16H19FN4O3/c1-16(24-3,11-6-4-5-7-12(11)17)15(23)18-10-14(22)19-13-8-9-21(2)20-13/h4-9H,10H2,1-3H3,(H,18,23)(H,19,20,22)/t16-/m1/s1. The van der Waals surface area contributed by atoms with Crippen LogP contribution in [0.1, 0.15) is 12.5 Å². The lowest BCUT2D eigenvalue weighted by Crippen LogP contribution is -2.46. The first-order valence-corrected chi connectivity index (χ1v) is 7.25. The molecule has 0 fully saturated rings. The Morgan fingerprint density at radius 3 is 2.62 bits per heavy atom. The van der Waals surface area contributed by atoms with E-state index in [0.717, 1.165) is 0 Å². The molecule has 7 nitrogen and oxygen atoms in total. The summed E-state index contributed by atoms with van der Waals surface area (Å²) in [4.78, 5) is 24.3. The lowest BCUT2D eigenvalue weighted by Gasteiger charge is -2.27. The fraction of sp³-hybridized carbons (Fsp3) is 0.312. The predicted molar refractivity (Wildman–Crippen MR) is 85.6 cm³/mol. The average Bonchev–Trinajstić information content (AvgIpc) is 2.97. The zero-order valence-corrected chi connectivity index (χ0v) is 13.7. The van der Waals surface area contributed by atoms with Crippen molar-refractivity contribution in [2.45, 2.75) is 12.5 Å². The number of hydrogen-bond donors (Lipinski definition) is 2. The van der Waals surface area contributed by atoms with Crippen LogP contribution in [0.3, 0.4) is 0 Å². The maximum Gasteiger partial charge on any atom is 0.257 e. The number of rotatable bonds is 6. The van der Waals surface area contributed by atoms with E-state index in [1.165, 1.54) is 36.9 Å². The molecule has 1 heterocycles. The Morgan fingerprint density at radius 1 is 1.33 bits per heavy atom. The molecule has 24 heavy (non-hydrogen) atoms. The van der Waals surface area contributed by atoms with Crippen molar-refractivity contribution in [3.63, 3.8) is 0 Å². The molecule has 128 valence electrons. The molecule has 0 radical (unpaired) electrons. The minimum absolute atomic E-state index is 0.0927. The Hall–Kier alpha value is -2.74. The number of halogens is 1. The summed E-state index contributed by atoms with van der Waals surface area (Å²) in [5, 5.41) is 8.99. The van der Waals surface area contributed by atoms with Crippen molar-refractivity contribution in [3.05, 3.63) is 47.9 Å². The Labute approximate surface area is 138 Å². The van der Waals surface area contributed by atoms with E-state index < -0.39 is 23.2 Å². The summed E-state index contributed by atoms with van der Waals surface area (Å²) in [6.07, 6.45) is 1.67. The van der Waals surface area contributed by atoms with Gasteiger partial charge in [0.2, 0.25) is 5.91 Å². The molecule has 2 N–H and O–H groups in total. The third kappa shape index (κ3) is 3.77. The van der Waals surface area contributed by atoms with Crippen LogP contribution in [0.25, 0.3) is 0 Å². The maximum atomic E-state index is 14.0. The van der Waals surface area contributed by atoms with Crippen molar-refractivity contribution in [1.29, 1.82) is 0 Å². The fourth-order valence-electron chi connectivity index (χ4n) is 2.17. The lowest BCUT2D eigenvalue weighted by atomic mass is 9.94. The highest BCUT2D eigenvalue weighted by atomic mass is 19.1. The second-order valence-corrected chi connectivity index (χ2v) is 5.32. The number of carbonyl (C=O) groups excluding carboxylic acids is 2. The van der Waals surface area contributed by atoms with Gasteiger partial charge in [-0.25, -0.2) is 4.39 Å². The number of anilines is 1. The molecule has 0 spiro atoms. The van der Waals surface area contributed by atoms with Crippen molar-refractivity contribution < 1.29 is 18.7 Å². The summed E-state index contributed by atoms with van der Waals surface area (Å²) in [5.74, 6) is -1.25. The molecule has 0 aliphatic heterocycles. The highest BCUT2D eigenvalue weighted by molar-refractivity contribution is 5.95. The van der Waals surface area contributed by atoms with Crippen LogP contribution in [0, 0.1) is 5.82 Å². The van der Waals surface area contributed by atoms with Gasteiger partial charge in [0.25, 0.3) is 5.91 Å². The first-order chi connectivity index (χ1) is 11.4. The van der Waals surface area contributed by atoms with E-state index in [0.29, 0.717) is 5.82 Å². The van der Waals surface area contributed by atoms with Crippen LogP contribution in [0.5, 0.6) is 0 Å². The van der Waals surface area contributed by atoms with E-state index in [1.807, 2.05) is 0 Å². The van der Waals surface area contributed by atoms with Gasteiger partial charge < -0.3 is 15.4 Å². The van der Waals surface area contributed by atoms with E-state index in [2.05, 4.69) is 15.7 Å². The molecule has 1 aromatic heterocycles. The zero-order valence-electron chi connectivity index (χ0n) is 13.7. The summed E-state index contributed by atoms with van der Waals surface area (Å²) >= 11 is 0. The second kappa shape index (κ2) is 7.22. The number of nitrogens with one attached hydrogen (secondary N) is 2. The van der Waals surface area contributed by atoms with Gasteiger partial charge in [-0.1, -0.05) is 18.2 Å². The number of nitrogens with zero attached hydrogens (tertiary/aromatic N) is 2. The quantitative estimate of drug-likeness (QED) is 0.831. The van der Waals surface area contributed by atoms with Gasteiger partial charge in [-0.15, -0.1) is 0 Å². The van der Waals surface area contributed by atoms with E-state index in [9.17, 15) is 14.0 Å². The molecule has 0 aliphatic carbocycles. The SMILES string of the molecule is CO[C@@](C)(C(=O)NCC(=O)Nc1ccn(C)n1)c1ccccc1F. The lowest BCUT2D eigenvalue weighted by molar-refractivity contribution is -0.143. The summed E-state index contributed by atoms with van der Waals surface area (Å²) in [6, 6.07) is 7.46. The molecule has 2 amide bonds. The molecule has 0 saturated carbocycles. The average molecular weight is 334 g/mol. The Bertz CT molecular complexity index is 746. The van der Waals surface area contributed by atoms with Gasteiger partial charge in [0.15, 0.2) is 11.4 Å². The van der Waals surface area contributed by atoms with E-state index >= 15 is 0 Å². The number of methoxy groups -OCH3 is 1. The first kappa shape index (κ1) is 17.6. The Balaban J connectivity index is 2.02.